The van der Waals surface area contributed by atoms with Gasteiger partial charge >= 0.3 is 11.9 Å². The molecule has 0 amide bonds. The first-order valence-electron chi connectivity index (χ1n) is 8.23. The van der Waals surface area contributed by atoms with Crippen LogP contribution in [0.15, 0.2) is 12.2 Å². The van der Waals surface area contributed by atoms with E-state index < -0.39 is 36.0 Å². The van der Waals surface area contributed by atoms with Gasteiger partial charge in [0.2, 0.25) is 0 Å². The topological polar surface area (TPSA) is 102 Å². The molecule has 7 nitrogen and oxygen atoms in total. The minimum atomic E-state index is -1.40. The molecule has 0 aromatic rings. The number of hydrogen-bond acceptors (Lipinski definition) is 7. The second kappa shape index (κ2) is 5.82. The Kier molecular flexibility index (Phi) is 4.22. The van der Waals surface area contributed by atoms with Crippen molar-refractivity contribution >= 4 is 11.9 Å². The van der Waals surface area contributed by atoms with E-state index in [1.165, 1.54) is 6.92 Å². The van der Waals surface area contributed by atoms with Gasteiger partial charge in [-0.05, 0) is 18.8 Å². The monoisotopic (exact) mass is 340 g/mol. The quantitative estimate of drug-likeness (QED) is 0.536. The average Bonchev–Trinajstić information content (AvgIpc) is 2.65. The minimum Gasteiger partial charge on any atom is -0.458 e. The van der Waals surface area contributed by atoms with E-state index in [0.29, 0.717) is 18.4 Å². The molecule has 0 radical (unpaired) electrons. The van der Waals surface area contributed by atoms with E-state index in [0.717, 1.165) is 0 Å². The third-order valence-electron chi connectivity index (χ3n) is 5.82. The van der Waals surface area contributed by atoms with Gasteiger partial charge in [0, 0.05) is 29.7 Å². The van der Waals surface area contributed by atoms with Gasteiger partial charge in [-0.25, -0.2) is 4.79 Å². The Morgan fingerprint density at radius 2 is 2.08 bits per heavy atom. The number of hydrogen-bond donors (Lipinski definition) is 2. The highest BCUT2D eigenvalue weighted by Crippen LogP contribution is 2.55. The second-order valence-corrected chi connectivity index (χ2v) is 7.48. The first-order valence-corrected chi connectivity index (χ1v) is 8.23. The molecule has 8 atom stereocenters. The molecule has 0 aromatic heterocycles. The fourth-order valence-corrected chi connectivity index (χ4v) is 4.74. The summed E-state index contributed by atoms with van der Waals surface area (Å²) in [5.41, 5.74) is -0.411. The Morgan fingerprint density at radius 1 is 1.42 bits per heavy atom. The van der Waals surface area contributed by atoms with Gasteiger partial charge in [-0.15, -0.1) is 0 Å². The van der Waals surface area contributed by atoms with E-state index in [4.69, 9.17) is 14.2 Å². The number of aliphatic hydroxyl groups is 2. The number of aliphatic hydroxyl groups excluding tert-OH is 2. The lowest BCUT2D eigenvalue weighted by Gasteiger charge is -2.51. The van der Waals surface area contributed by atoms with E-state index in [1.54, 1.807) is 0 Å². The zero-order valence-electron chi connectivity index (χ0n) is 14.1. The Balaban J connectivity index is 2.00. The number of rotatable bonds is 1. The van der Waals surface area contributed by atoms with Crippen LogP contribution in [-0.2, 0) is 23.8 Å². The number of ether oxygens (including phenoxy) is 3. The molecule has 2 aliphatic heterocycles. The third-order valence-corrected chi connectivity index (χ3v) is 5.82. The van der Waals surface area contributed by atoms with Gasteiger partial charge in [0.1, 0.15) is 6.10 Å². The van der Waals surface area contributed by atoms with Crippen LogP contribution in [0.2, 0.25) is 0 Å². The van der Waals surface area contributed by atoms with E-state index in [-0.39, 0.29) is 23.9 Å². The zero-order chi connectivity index (χ0) is 17.8. The summed E-state index contributed by atoms with van der Waals surface area (Å²) in [5.74, 6) is -1.55. The summed E-state index contributed by atoms with van der Waals surface area (Å²) in [6, 6.07) is 0. The van der Waals surface area contributed by atoms with Crippen molar-refractivity contribution in [2.45, 2.75) is 58.4 Å². The highest BCUT2D eigenvalue weighted by Gasteiger charge is 2.60. The Hall–Kier alpha value is -1.44. The molecule has 0 aromatic carbocycles. The zero-order valence-corrected chi connectivity index (χ0v) is 14.1. The molecule has 7 heteroatoms. The highest BCUT2D eigenvalue weighted by molar-refractivity contribution is 5.90. The second-order valence-electron chi connectivity index (χ2n) is 7.48. The van der Waals surface area contributed by atoms with E-state index >= 15 is 0 Å². The van der Waals surface area contributed by atoms with Crippen molar-refractivity contribution in [1.29, 1.82) is 0 Å². The molecule has 2 N–H and O–H groups in total. The highest BCUT2D eigenvalue weighted by atomic mass is 16.7. The molecule has 2 heterocycles. The van der Waals surface area contributed by atoms with E-state index in [1.807, 2.05) is 13.8 Å². The summed E-state index contributed by atoms with van der Waals surface area (Å²) in [5, 5.41) is 20.7. The van der Waals surface area contributed by atoms with Crippen LogP contribution < -0.4 is 0 Å². The van der Waals surface area contributed by atoms with Crippen LogP contribution in [0, 0.1) is 23.2 Å². The molecule has 3 fully saturated rings. The van der Waals surface area contributed by atoms with Gasteiger partial charge in [-0.1, -0.05) is 20.4 Å². The first-order chi connectivity index (χ1) is 11.1. The molecule has 0 bridgehead atoms. The van der Waals surface area contributed by atoms with E-state index in [2.05, 4.69) is 6.58 Å². The predicted octanol–water partition coefficient (Wildman–Crippen LogP) is 0.735. The molecule has 3 rings (SSSR count). The molecule has 2 saturated heterocycles. The summed E-state index contributed by atoms with van der Waals surface area (Å²) in [7, 11) is 0. The van der Waals surface area contributed by atoms with Crippen LogP contribution in [0.3, 0.4) is 0 Å². The van der Waals surface area contributed by atoms with Crippen molar-refractivity contribution in [2.24, 2.45) is 23.2 Å². The summed E-state index contributed by atoms with van der Waals surface area (Å²) in [4.78, 5) is 23.3. The summed E-state index contributed by atoms with van der Waals surface area (Å²) in [6.07, 6.45) is -2.88. The maximum absolute atomic E-state index is 11.8. The van der Waals surface area contributed by atoms with Gasteiger partial charge in [-0.3, -0.25) is 4.79 Å². The van der Waals surface area contributed by atoms with Crippen LogP contribution in [0.25, 0.3) is 0 Å². The van der Waals surface area contributed by atoms with Crippen LogP contribution >= 0.6 is 0 Å². The lowest BCUT2D eigenvalue weighted by molar-refractivity contribution is -0.341. The smallest absolute Gasteiger partial charge is 0.334 e. The fraction of sp³-hybridized carbons (Fsp3) is 0.765. The fourth-order valence-electron chi connectivity index (χ4n) is 4.74. The van der Waals surface area contributed by atoms with Crippen molar-refractivity contribution in [3.8, 4) is 0 Å². The largest absolute Gasteiger partial charge is 0.458 e. The Morgan fingerprint density at radius 3 is 2.71 bits per heavy atom. The first kappa shape index (κ1) is 17.4. The number of fused-ring (bicyclic) bond motifs is 2. The van der Waals surface area contributed by atoms with E-state index in [9.17, 15) is 19.8 Å². The summed E-state index contributed by atoms with van der Waals surface area (Å²) in [6.45, 7) is 8.88. The summed E-state index contributed by atoms with van der Waals surface area (Å²) >= 11 is 0. The number of carbonyl (C=O) groups is 2. The molecule has 8 unspecified atom stereocenters. The average molecular weight is 340 g/mol. The maximum atomic E-state index is 11.8. The van der Waals surface area contributed by atoms with Crippen LogP contribution in [0.1, 0.15) is 33.6 Å². The minimum absolute atomic E-state index is 0.0683. The van der Waals surface area contributed by atoms with Crippen molar-refractivity contribution in [3.05, 3.63) is 12.2 Å². The lowest BCUT2D eigenvalue weighted by atomic mass is 9.64. The van der Waals surface area contributed by atoms with Crippen molar-refractivity contribution in [1.82, 2.24) is 0 Å². The van der Waals surface area contributed by atoms with Gasteiger partial charge in [0.15, 0.2) is 18.7 Å². The maximum Gasteiger partial charge on any atom is 0.334 e. The third kappa shape index (κ3) is 2.55. The normalized spacial score (nSPS) is 48.1. The molecule has 3 aliphatic rings. The molecule has 24 heavy (non-hydrogen) atoms. The van der Waals surface area contributed by atoms with Gasteiger partial charge in [0.25, 0.3) is 0 Å². The van der Waals surface area contributed by atoms with Gasteiger partial charge < -0.3 is 24.4 Å². The standard InChI is InChI=1S/C17H24O7/c1-7-5-11-10(8(2)14(19)23-11)6-17(4)12(7)13(22-9(3)18)15(20)24-16(17)21/h7,10-13,15-16,20-21H,2,5-6H2,1,3-4H3. The lowest BCUT2D eigenvalue weighted by Crippen LogP contribution is -2.59. The number of esters is 2. The Bertz CT molecular complexity index is 573. The summed E-state index contributed by atoms with van der Waals surface area (Å²) < 4.78 is 16.0. The van der Waals surface area contributed by atoms with Crippen molar-refractivity contribution in [2.75, 3.05) is 0 Å². The van der Waals surface area contributed by atoms with Crippen LogP contribution in [0.5, 0.6) is 0 Å². The van der Waals surface area contributed by atoms with Gasteiger partial charge in [-0.2, -0.15) is 0 Å². The molecule has 0 spiro atoms. The van der Waals surface area contributed by atoms with Crippen LogP contribution in [0.4, 0.5) is 0 Å². The predicted molar refractivity (Wildman–Crippen MR) is 81.2 cm³/mol. The molecule has 134 valence electrons. The molecular weight excluding hydrogens is 316 g/mol. The molecule has 1 aliphatic carbocycles. The van der Waals surface area contributed by atoms with Crippen LogP contribution in [-0.4, -0.2) is 46.9 Å². The Labute approximate surface area is 140 Å². The van der Waals surface area contributed by atoms with Crippen molar-refractivity contribution in [3.63, 3.8) is 0 Å². The molecule has 1 saturated carbocycles. The van der Waals surface area contributed by atoms with Gasteiger partial charge in [0.05, 0.1) is 0 Å². The molecular formula is C17H24O7. The SMILES string of the molecule is C=C1C(=O)OC2CC(C)C3C(OC(C)=O)C(O)OC(O)C3(C)CC12. The van der Waals surface area contributed by atoms with Crippen molar-refractivity contribution < 1.29 is 34.0 Å². The number of carbonyl (C=O) groups excluding carboxylic acids is 2.